The summed E-state index contributed by atoms with van der Waals surface area (Å²) >= 11 is 0. The number of aliphatic hydroxyl groups excluding tert-OH is 1. The van der Waals surface area contributed by atoms with Crippen molar-refractivity contribution in [3.63, 3.8) is 0 Å². The van der Waals surface area contributed by atoms with Crippen LogP contribution in [0, 0.1) is 5.92 Å². The highest BCUT2D eigenvalue weighted by atomic mass is 32.2. The summed E-state index contributed by atoms with van der Waals surface area (Å²) in [4.78, 5) is 10.6. The standard InChI is InChI=1S/C8H15NO5S/c10-4-3-7(8(11)12)9-15(13,14)5-6-1-2-6/h6-7,9-10H,1-5H2,(H,11,12)/t7-/m0/s1. The molecule has 1 rings (SSSR count). The van der Waals surface area contributed by atoms with Crippen molar-refractivity contribution in [1.82, 2.24) is 4.72 Å². The molecule has 0 aliphatic heterocycles. The van der Waals surface area contributed by atoms with Crippen molar-refractivity contribution in [2.75, 3.05) is 12.4 Å². The Kier molecular flexibility index (Phi) is 4.06. The zero-order valence-electron chi connectivity index (χ0n) is 8.22. The van der Waals surface area contributed by atoms with Gasteiger partial charge in [-0.1, -0.05) is 0 Å². The molecule has 0 radical (unpaired) electrons. The van der Waals surface area contributed by atoms with Crippen molar-refractivity contribution in [2.24, 2.45) is 5.92 Å². The molecule has 0 spiro atoms. The van der Waals surface area contributed by atoms with Gasteiger partial charge in [-0.25, -0.2) is 13.1 Å². The van der Waals surface area contributed by atoms with Crippen molar-refractivity contribution < 1.29 is 23.4 Å². The van der Waals surface area contributed by atoms with Gasteiger partial charge >= 0.3 is 5.97 Å². The molecule has 0 aromatic rings. The third-order valence-corrected chi connectivity index (χ3v) is 3.74. The highest BCUT2D eigenvalue weighted by Crippen LogP contribution is 2.30. The zero-order chi connectivity index (χ0) is 11.5. The van der Waals surface area contributed by atoms with E-state index in [0.717, 1.165) is 12.8 Å². The van der Waals surface area contributed by atoms with Crippen LogP contribution >= 0.6 is 0 Å². The van der Waals surface area contributed by atoms with Crippen LogP contribution in [0.1, 0.15) is 19.3 Å². The lowest BCUT2D eigenvalue weighted by molar-refractivity contribution is -0.139. The van der Waals surface area contributed by atoms with Crippen molar-refractivity contribution in [3.8, 4) is 0 Å². The van der Waals surface area contributed by atoms with Gasteiger partial charge in [-0.05, 0) is 25.2 Å². The van der Waals surface area contributed by atoms with Gasteiger partial charge in [0.15, 0.2) is 0 Å². The largest absolute Gasteiger partial charge is 0.480 e. The first kappa shape index (κ1) is 12.4. The molecule has 6 nitrogen and oxygen atoms in total. The molecule has 1 atom stereocenters. The number of hydrogen-bond acceptors (Lipinski definition) is 4. The summed E-state index contributed by atoms with van der Waals surface area (Å²) in [5, 5.41) is 17.3. The summed E-state index contributed by atoms with van der Waals surface area (Å²) in [6.07, 6.45) is 1.66. The van der Waals surface area contributed by atoms with E-state index in [1.807, 2.05) is 0 Å². The van der Waals surface area contributed by atoms with Crippen LogP contribution in [0.25, 0.3) is 0 Å². The van der Waals surface area contributed by atoms with Gasteiger partial charge in [-0.15, -0.1) is 0 Å². The fourth-order valence-corrected chi connectivity index (χ4v) is 2.92. The lowest BCUT2D eigenvalue weighted by Crippen LogP contribution is -2.42. The topological polar surface area (TPSA) is 104 Å². The lowest BCUT2D eigenvalue weighted by Gasteiger charge is -2.13. The number of carboxylic acids is 1. The van der Waals surface area contributed by atoms with Crippen LogP contribution < -0.4 is 4.72 Å². The maximum absolute atomic E-state index is 11.4. The van der Waals surface area contributed by atoms with Gasteiger partial charge in [0.05, 0.1) is 5.75 Å². The molecule has 0 aromatic carbocycles. The fourth-order valence-electron chi connectivity index (χ4n) is 1.22. The summed E-state index contributed by atoms with van der Waals surface area (Å²) in [6, 6.07) is -1.22. The van der Waals surface area contributed by atoms with E-state index >= 15 is 0 Å². The maximum atomic E-state index is 11.4. The van der Waals surface area contributed by atoms with E-state index < -0.39 is 22.0 Å². The molecule has 88 valence electrons. The summed E-state index contributed by atoms with van der Waals surface area (Å²) in [6.45, 7) is -0.358. The fraction of sp³-hybridized carbons (Fsp3) is 0.875. The number of aliphatic carboxylic acids is 1. The number of carbonyl (C=O) groups is 1. The second-order valence-corrected chi connectivity index (χ2v) is 5.54. The van der Waals surface area contributed by atoms with E-state index in [-0.39, 0.29) is 24.7 Å². The summed E-state index contributed by atoms with van der Waals surface area (Å²) in [5.74, 6) is -1.10. The van der Waals surface area contributed by atoms with Crippen LogP contribution in [0.4, 0.5) is 0 Å². The molecule has 1 fully saturated rings. The average molecular weight is 237 g/mol. The number of aliphatic hydroxyl groups is 1. The molecule has 1 saturated carbocycles. The number of hydrogen-bond donors (Lipinski definition) is 3. The number of rotatable bonds is 7. The summed E-state index contributed by atoms with van der Waals surface area (Å²) < 4.78 is 24.9. The third kappa shape index (κ3) is 4.59. The second kappa shape index (κ2) is 4.91. The number of sulfonamides is 1. The zero-order valence-corrected chi connectivity index (χ0v) is 9.03. The van der Waals surface area contributed by atoms with Gasteiger partial charge < -0.3 is 10.2 Å². The van der Waals surface area contributed by atoms with Crippen LogP contribution in [0.3, 0.4) is 0 Å². The van der Waals surface area contributed by atoms with Crippen molar-refractivity contribution >= 4 is 16.0 Å². The Labute approximate surface area is 88.3 Å². The first-order valence-corrected chi connectivity index (χ1v) is 6.43. The van der Waals surface area contributed by atoms with E-state index in [4.69, 9.17) is 10.2 Å². The Hall–Kier alpha value is -0.660. The van der Waals surface area contributed by atoms with Gasteiger partial charge in [0.1, 0.15) is 6.04 Å². The monoisotopic (exact) mass is 237 g/mol. The highest BCUT2D eigenvalue weighted by molar-refractivity contribution is 7.89. The van der Waals surface area contributed by atoms with Crippen LogP contribution in [0.5, 0.6) is 0 Å². The second-order valence-electron chi connectivity index (χ2n) is 3.75. The van der Waals surface area contributed by atoms with E-state index in [2.05, 4.69) is 4.72 Å². The average Bonchev–Trinajstić information content (AvgIpc) is 2.86. The summed E-state index contributed by atoms with van der Waals surface area (Å²) in [7, 11) is -3.53. The normalized spacial score (nSPS) is 18.7. The van der Waals surface area contributed by atoms with E-state index in [1.165, 1.54) is 0 Å². The maximum Gasteiger partial charge on any atom is 0.321 e. The molecule has 3 N–H and O–H groups in total. The number of carboxylic acid groups (broad SMARTS) is 1. The minimum atomic E-state index is -3.53. The van der Waals surface area contributed by atoms with Gasteiger partial charge in [-0.2, -0.15) is 0 Å². The van der Waals surface area contributed by atoms with E-state index in [1.54, 1.807) is 0 Å². The SMILES string of the molecule is O=C(O)[C@H](CCO)NS(=O)(=O)CC1CC1. The smallest absolute Gasteiger partial charge is 0.321 e. The van der Waals surface area contributed by atoms with E-state index in [9.17, 15) is 13.2 Å². The molecule has 0 saturated heterocycles. The molecular formula is C8H15NO5S. The van der Waals surface area contributed by atoms with Crippen LogP contribution in [-0.2, 0) is 14.8 Å². The van der Waals surface area contributed by atoms with Gasteiger partial charge in [0.25, 0.3) is 0 Å². The van der Waals surface area contributed by atoms with Crippen molar-refractivity contribution in [1.29, 1.82) is 0 Å². The third-order valence-electron chi connectivity index (χ3n) is 2.19. The van der Waals surface area contributed by atoms with Gasteiger partial charge in [0.2, 0.25) is 10.0 Å². The molecular weight excluding hydrogens is 222 g/mol. The summed E-state index contributed by atoms with van der Waals surface area (Å²) in [5.41, 5.74) is 0. The molecule has 1 aliphatic rings. The van der Waals surface area contributed by atoms with Crippen LogP contribution in [-0.4, -0.2) is 43.0 Å². The van der Waals surface area contributed by atoms with Gasteiger partial charge in [-0.3, -0.25) is 4.79 Å². The first-order chi connectivity index (χ1) is 6.94. The minimum absolute atomic E-state index is 0.0117. The molecule has 1 aliphatic carbocycles. The predicted molar refractivity (Wildman–Crippen MR) is 52.8 cm³/mol. The molecule has 0 heterocycles. The van der Waals surface area contributed by atoms with Gasteiger partial charge in [0, 0.05) is 6.61 Å². The molecule has 0 aromatic heterocycles. The van der Waals surface area contributed by atoms with Crippen LogP contribution in [0.2, 0.25) is 0 Å². The Balaban J connectivity index is 2.51. The molecule has 0 unspecified atom stereocenters. The Bertz CT molecular complexity index is 322. The highest BCUT2D eigenvalue weighted by Gasteiger charge is 2.30. The molecule has 0 amide bonds. The molecule has 0 bridgehead atoms. The molecule has 7 heteroatoms. The molecule has 15 heavy (non-hydrogen) atoms. The van der Waals surface area contributed by atoms with E-state index in [0.29, 0.717) is 0 Å². The quantitative estimate of drug-likeness (QED) is 0.535. The Morgan fingerprint density at radius 2 is 2.07 bits per heavy atom. The Morgan fingerprint density at radius 1 is 1.47 bits per heavy atom. The minimum Gasteiger partial charge on any atom is -0.480 e. The Morgan fingerprint density at radius 3 is 2.47 bits per heavy atom. The number of nitrogens with one attached hydrogen (secondary N) is 1. The van der Waals surface area contributed by atoms with Crippen molar-refractivity contribution in [2.45, 2.75) is 25.3 Å². The first-order valence-electron chi connectivity index (χ1n) is 4.78. The van der Waals surface area contributed by atoms with Crippen molar-refractivity contribution in [3.05, 3.63) is 0 Å². The lowest BCUT2D eigenvalue weighted by atomic mass is 10.2. The van der Waals surface area contributed by atoms with Crippen LogP contribution in [0.15, 0.2) is 0 Å². The predicted octanol–water partition coefficient (Wildman–Crippen LogP) is -0.849.